The number of para-hydroxylation sites is 2. The van der Waals surface area contributed by atoms with Gasteiger partial charge in [-0.1, -0.05) is 35.3 Å². The fourth-order valence-electron chi connectivity index (χ4n) is 2.50. The Balaban J connectivity index is 1.73. The summed E-state index contributed by atoms with van der Waals surface area (Å²) in [7, 11) is -2.73. The lowest BCUT2D eigenvalue weighted by Gasteiger charge is -2.18. The van der Waals surface area contributed by atoms with Crippen LogP contribution in [0.5, 0.6) is 11.6 Å². The number of nitrogens with zero attached hydrogens (tertiary/aromatic N) is 2. The maximum atomic E-state index is 13.1. The Morgan fingerprint density at radius 3 is 2.52 bits per heavy atom. The summed E-state index contributed by atoms with van der Waals surface area (Å²) in [5.41, 5.74) is 0.285. The van der Waals surface area contributed by atoms with Crippen molar-refractivity contribution in [3.63, 3.8) is 0 Å². The first-order chi connectivity index (χ1) is 14.7. The Hall–Kier alpha value is -2.72. The predicted octanol–water partition coefficient (Wildman–Crippen LogP) is 4.58. The molecule has 0 aliphatic rings. The third-order valence-corrected chi connectivity index (χ3v) is 6.33. The number of carbonyl (C=O) groups excluding carboxylic acids is 1. The monoisotopic (exact) mass is 483 g/mol. The number of anilines is 1. The molecule has 2 aromatic carbocycles. The number of aromatic nitrogens is 1. The summed E-state index contributed by atoms with van der Waals surface area (Å²) in [6, 6.07) is 12.3. The lowest BCUT2D eigenvalue weighted by Crippen LogP contribution is -2.35. The summed E-state index contributed by atoms with van der Waals surface area (Å²) in [5, 5.41) is 3.11. The van der Waals surface area contributed by atoms with Gasteiger partial charge in [0, 0.05) is 13.2 Å². The van der Waals surface area contributed by atoms with Crippen molar-refractivity contribution in [1.82, 2.24) is 9.29 Å². The Morgan fingerprint density at radius 1 is 1.16 bits per heavy atom. The van der Waals surface area contributed by atoms with E-state index in [0.717, 1.165) is 28.6 Å². The third kappa shape index (κ3) is 5.71. The van der Waals surface area contributed by atoms with Crippen molar-refractivity contribution in [2.24, 2.45) is 0 Å². The summed E-state index contributed by atoms with van der Waals surface area (Å²) in [6.07, 6.45) is 1.36. The van der Waals surface area contributed by atoms with E-state index in [-0.39, 0.29) is 27.2 Å². The highest BCUT2D eigenvalue weighted by Gasteiger charge is 2.23. The van der Waals surface area contributed by atoms with Crippen LogP contribution in [0.4, 0.5) is 10.1 Å². The molecular formula is C20H16Cl2FN3O4S. The molecule has 0 fully saturated rings. The number of sulfonamides is 1. The highest BCUT2D eigenvalue weighted by molar-refractivity contribution is 7.89. The molecule has 0 aliphatic carbocycles. The molecule has 162 valence electrons. The molecule has 0 spiro atoms. The Bertz CT molecular complexity index is 1210. The number of likely N-dealkylation sites (N-methyl/N-ethyl adjacent to an activating group) is 1. The van der Waals surface area contributed by atoms with Crippen LogP contribution < -0.4 is 10.1 Å². The first-order valence-corrected chi connectivity index (χ1v) is 11.0. The second-order valence-electron chi connectivity index (χ2n) is 6.30. The molecule has 0 bridgehead atoms. The Morgan fingerprint density at radius 2 is 1.84 bits per heavy atom. The fraction of sp³-hybridized carbons (Fsp3) is 0.100. The molecule has 1 aromatic heterocycles. The minimum atomic E-state index is -3.98. The molecule has 3 aromatic rings. The van der Waals surface area contributed by atoms with Crippen LogP contribution in [0.3, 0.4) is 0 Å². The molecule has 3 rings (SSSR count). The van der Waals surface area contributed by atoms with E-state index < -0.39 is 28.3 Å². The zero-order chi connectivity index (χ0) is 22.6. The second kappa shape index (κ2) is 9.61. The average Bonchev–Trinajstić information content (AvgIpc) is 2.71. The standard InChI is InChI=1S/C20H16Cl2FN3O4S/c1-26(31(28,29)15-8-6-14(23)7-9-15)12-19(27)25-17-4-2-3-5-18(17)30-20-16(22)10-13(21)11-24-20/h2-11H,12H2,1H3,(H,25,27). The van der Waals surface area contributed by atoms with E-state index in [0.29, 0.717) is 5.02 Å². The van der Waals surface area contributed by atoms with Gasteiger partial charge in [-0.05, 0) is 42.5 Å². The molecule has 31 heavy (non-hydrogen) atoms. The normalized spacial score (nSPS) is 11.4. The van der Waals surface area contributed by atoms with Crippen molar-refractivity contribution in [2.45, 2.75) is 4.90 Å². The summed E-state index contributed by atoms with van der Waals surface area (Å²) >= 11 is 11.9. The fourth-order valence-corrected chi connectivity index (χ4v) is 4.05. The molecule has 0 aliphatic heterocycles. The maximum Gasteiger partial charge on any atom is 0.243 e. The van der Waals surface area contributed by atoms with Crippen molar-refractivity contribution in [1.29, 1.82) is 0 Å². The molecule has 0 saturated carbocycles. The predicted molar refractivity (Wildman–Crippen MR) is 116 cm³/mol. The molecule has 1 heterocycles. The van der Waals surface area contributed by atoms with Gasteiger partial charge in [0.2, 0.25) is 21.8 Å². The van der Waals surface area contributed by atoms with Gasteiger partial charge < -0.3 is 10.1 Å². The van der Waals surface area contributed by atoms with Crippen LogP contribution in [-0.2, 0) is 14.8 Å². The molecule has 1 N–H and O–H groups in total. The first kappa shape index (κ1) is 23.0. The number of carbonyl (C=O) groups is 1. The van der Waals surface area contributed by atoms with Gasteiger partial charge >= 0.3 is 0 Å². The molecule has 7 nitrogen and oxygen atoms in total. The van der Waals surface area contributed by atoms with Crippen LogP contribution in [0.2, 0.25) is 10.0 Å². The maximum absolute atomic E-state index is 13.1. The van der Waals surface area contributed by atoms with Crippen molar-refractivity contribution in [2.75, 3.05) is 18.9 Å². The lowest BCUT2D eigenvalue weighted by atomic mass is 10.3. The first-order valence-electron chi connectivity index (χ1n) is 8.76. The zero-order valence-corrected chi connectivity index (χ0v) is 18.4. The third-order valence-electron chi connectivity index (χ3n) is 4.03. The van der Waals surface area contributed by atoms with Gasteiger partial charge in [0.05, 0.1) is 22.2 Å². The van der Waals surface area contributed by atoms with Crippen molar-refractivity contribution in [3.05, 3.63) is 76.7 Å². The number of hydrogen-bond donors (Lipinski definition) is 1. The Labute approximate surface area is 188 Å². The number of pyridine rings is 1. The van der Waals surface area contributed by atoms with Gasteiger partial charge in [-0.25, -0.2) is 17.8 Å². The molecule has 0 saturated heterocycles. The largest absolute Gasteiger partial charge is 0.435 e. The van der Waals surface area contributed by atoms with Gasteiger partial charge in [0.1, 0.15) is 10.8 Å². The van der Waals surface area contributed by atoms with E-state index >= 15 is 0 Å². The lowest BCUT2D eigenvalue weighted by molar-refractivity contribution is -0.116. The smallest absolute Gasteiger partial charge is 0.243 e. The average molecular weight is 484 g/mol. The van der Waals surface area contributed by atoms with E-state index in [2.05, 4.69) is 10.3 Å². The van der Waals surface area contributed by atoms with Crippen LogP contribution >= 0.6 is 23.2 Å². The van der Waals surface area contributed by atoms with Gasteiger partial charge in [-0.2, -0.15) is 4.31 Å². The van der Waals surface area contributed by atoms with Gasteiger partial charge in [-0.3, -0.25) is 4.79 Å². The van der Waals surface area contributed by atoms with Crippen molar-refractivity contribution < 1.29 is 22.3 Å². The van der Waals surface area contributed by atoms with E-state index in [1.807, 2.05) is 0 Å². The number of amides is 1. The number of nitrogens with one attached hydrogen (secondary N) is 1. The van der Waals surface area contributed by atoms with Gasteiger partial charge in [0.15, 0.2) is 5.75 Å². The van der Waals surface area contributed by atoms with Crippen molar-refractivity contribution >= 4 is 44.8 Å². The van der Waals surface area contributed by atoms with Gasteiger partial charge in [0.25, 0.3) is 0 Å². The summed E-state index contributed by atoms with van der Waals surface area (Å²) in [5.74, 6) is -0.842. The van der Waals surface area contributed by atoms with E-state index in [1.165, 1.54) is 19.3 Å². The molecular weight excluding hydrogens is 468 g/mol. The molecule has 1 amide bonds. The van der Waals surface area contributed by atoms with Crippen LogP contribution in [-0.4, -0.2) is 37.2 Å². The number of halogens is 3. The van der Waals surface area contributed by atoms with Crippen LogP contribution in [0, 0.1) is 5.82 Å². The molecule has 0 radical (unpaired) electrons. The number of benzene rings is 2. The number of rotatable bonds is 7. The Kier molecular flexibility index (Phi) is 7.11. The zero-order valence-electron chi connectivity index (χ0n) is 16.1. The van der Waals surface area contributed by atoms with Gasteiger partial charge in [-0.15, -0.1) is 0 Å². The van der Waals surface area contributed by atoms with Crippen LogP contribution in [0.1, 0.15) is 0 Å². The minimum Gasteiger partial charge on any atom is -0.435 e. The highest BCUT2D eigenvalue weighted by Crippen LogP contribution is 2.33. The van der Waals surface area contributed by atoms with E-state index in [4.69, 9.17) is 27.9 Å². The molecule has 0 unspecified atom stereocenters. The van der Waals surface area contributed by atoms with E-state index in [1.54, 1.807) is 24.3 Å². The van der Waals surface area contributed by atoms with Crippen molar-refractivity contribution in [3.8, 4) is 11.6 Å². The summed E-state index contributed by atoms with van der Waals surface area (Å²) in [6.45, 7) is -0.478. The molecule has 11 heteroatoms. The minimum absolute atomic E-state index is 0.0868. The SMILES string of the molecule is CN(CC(=O)Nc1ccccc1Oc1ncc(Cl)cc1Cl)S(=O)(=O)c1ccc(F)cc1. The van der Waals surface area contributed by atoms with E-state index in [9.17, 15) is 17.6 Å². The number of ether oxygens (including phenoxy) is 1. The van der Waals surface area contributed by atoms with Crippen LogP contribution in [0.15, 0.2) is 65.7 Å². The summed E-state index contributed by atoms with van der Waals surface area (Å²) < 4.78 is 44.7. The quantitative estimate of drug-likeness (QED) is 0.531. The molecule has 0 atom stereocenters. The number of hydrogen-bond acceptors (Lipinski definition) is 5. The van der Waals surface area contributed by atoms with Crippen LogP contribution in [0.25, 0.3) is 0 Å². The topological polar surface area (TPSA) is 88.6 Å². The second-order valence-corrected chi connectivity index (χ2v) is 9.19. The summed E-state index contributed by atoms with van der Waals surface area (Å²) in [4.78, 5) is 16.4. The highest BCUT2D eigenvalue weighted by atomic mass is 35.5.